The number of carbonyl (C=O) groups excluding carboxylic acids is 1. The number of para-hydroxylation sites is 1. The van der Waals surface area contributed by atoms with E-state index in [1.807, 2.05) is 38.1 Å². The summed E-state index contributed by atoms with van der Waals surface area (Å²) >= 11 is 0. The van der Waals surface area contributed by atoms with Crippen molar-refractivity contribution in [2.24, 2.45) is 5.73 Å². The second-order valence-electron chi connectivity index (χ2n) is 4.40. The van der Waals surface area contributed by atoms with Crippen molar-refractivity contribution in [3.05, 3.63) is 29.8 Å². The first-order chi connectivity index (χ1) is 8.58. The number of nitrogens with two attached hydrogens (primary N) is 1. The van der Waals surface area contributed by atoms with Crippen LogP contribution in [0.1, 0.15) is 38.3 Å². The van der Waals surface area contributed by atoms with Crippen LogP contribution in [0.25, 0.3) is 0 Å². The smallest absolute Gasteiger partial charge is 0.222 e. The predicted molar refractivity (Wildman–Crippen MR) is 72.4 cm³/mol. The van der Waals surface area contributed by atoms with Gasteiger partial charge < -0.3 is 15.8 Å². The second-order valence-corrected chi connectivity index (χ2v) is 4.40. The van der Waals surface area contributed by atoms with E-state index in [1.165, 1.54) is 0 Å². The van der Waals surface area contributed by atoms with Crippen molar-refractivity contribution in [2.45, 2.75) is 38.8 Å². The highest BCUT2D eigenvalue weighted by Gasteiger charge is 2.14. The Labute approximate surface area is 109 Å². The molecule has 18 heavy (non-hydrogen) atoms. The maximum absolute atomic E-state index is 11.8. The van der Waals surface area contributed by atoms with Gasteiger partial charge in [-0.25, -0.2) is 0 Å². The lowest BCUT2D eigenvalue weighted by Crippen LogP contribution is -2.32. The molecule has 0 saturated carbocycles. The van der Waals surface area contributed by atoms with E-state index in [0.29, 0.717) is 6.42 Å². The summed E-state index contributed by atoms with van der Waals surface area (Å²) < 4.78 is 5.27. The molecule has 0 aromatic heterocycles. The number of nitrogens with one attached hydrogen (secondary N) is 1. The number of methoxy groups -OCH3 is 1. The van der Waals surface area contributed by atoms with Crippen LogP contribution in [0.5, 0.6) is 5.75 Å². The summed E-state index contributed by atoms with van der Waals surface area (Å²) in [4.78, 5) is 11.8. The Balaban J connectivity index is 2.64. The van der Waals surface area contributed by atoms with Gasteiger partial charge in [0.2, 0.25) is 5.91 Å². The zero-order chi connectivity index (χ0) is 13.5. The van der Waals surface area contributed by atoms with Gasteiger partial charge in [0.05, 0.1) is 13.2 Å². The molecule has 0 saturated heterocycles. The van der Waals surface area contributed by atoms with Gasteiger partial charge in [-0.3, -0.25) is 4.79 Å². The first kappa shape index (κ1) is 14.5. The Hall–Kier alpha value is -1.55. The van der Waals surface area contributed by atoms with E-state index in [2.05, 4.69) is 5.32 Å². The molecule has 0 radical (unpaired) electrons. The lowest BCUT2D eigenvalue weighted by atomic mass is 10.1. The molecular formula is C14H22N2O2. The molecule has 0 aliphatic heterocycles. The first-order valence-electron chi connectivity index (χ1n) is 6.26. The lowest BCUT2D eigenvalue weighted by molar-refractivity contribution is -0.122. The number of benzene rings is 1. The molecule has 0 fully saturated rings. The van der Waals surface area contributed by atoms with Crippen LogP contribution in [0.4, 0.5) is 0 Å². The minimum absolute atomic E-state index is 0.0252. The third-order valence-electron chi connectivity index (χ3n) is 2.95. The van der Waals surface area contributed by atoms with E-state index in [0.717, 1.165) is 17.7 Å². The van der Waals surface area contributed by atoms with Gasteiger partial charge >= 0.3 is 0 Å². The Morgan fingerprint density at radius 2 is 2.11 bits per heavy atom. The van der Waals surface area contributed by atoms with Crippen LogP contribution in [0.15, 0.2) is 24.3 Å². The number of rotatable bonds is 6. The maximum Gasteiger partial charge on any atom is 0.222 e. The minimum Gasteiger partial charge on any atom is -0.496 e. The van der Waals surface area contributed by atoms with Gasteiger partial charge in [-0.15, -0.1) is 0 Å². The maximum atomic E-state index is 11.8. The fraction of sp³-hybridized carbons (Fsp3) is 0.500. The molecule has 0 aliphatic carbocycles. The van der Waals surface area contributed by atoms with Crippen molar-refractivity contribution in [3.8, 4) is 5.75 Å². The summed E-state index contributed by atoms with van der Waals surface area (Å²) in [5.74, 6) is 0.757. The highest BCUT2D eigenvalue weighted by atomic mass is 16.5. The monoisotopic (exact) mass is 250 g/mol. The van der Waals surface area contributed by atoms with Gasteiger partial charge in [-0.1, -0.05) is 25.1 Å². The largest absolute Gasteiger partial charge is 0.496 e. The average Bonchev–Trinajstić information content (AvgIpc) is 2.38. The molecule has 0 spiro atoms. The molecule has 2 atom stereocenters. The van der Waals surface area contributed by atoms with Crippen LogP contribution >= 0.6 is 0 Å². The molecular weight excluding hydrogens is 228 g/mol. The van der Waals surface area contributed by atoms with Crippen LogP contribution in [-0.4, -0.2) is 19.1 Å². The van der Waals surface area contributed by atoms with Crippen LogP contribution in [-0.2, 0) is 4.79 Å². The van der Waals surface area contributed by atoms with Crippen molar-refractivity contribution in [1.29, 1.82) is 0 Å². The molecule has 0 heterocycles. The van der Waals surface area contributed by atoms with E-state index in [-0.39, 0.29) is 18.0 Å². The fourth-order valence-electron chi connectivity index (χ4n) is 1.78. The average molecular weight is 250 g/mol. The molecule has 1 amide bonds. The zero-order valence-corrected chi connectivity index (χ0v) is 11.3. The standard InChI is InChI=1S/C14H22N2O2/c1-4-11(15)9-14(17)16-10(2)12-7-5-6-8-13(12)18-3/h5-8,10-11H,4,9,15H2,1-3H3,(H,16,17). The third kappa shape index (κ3) is 4.04. The van der Waals surface area contributed by atoms with Gasteiger partial charge in [0.15, 0.2) is 0 Å². The molecule has 4 nitrogen and oxygen atoms in total. The highest BCUT2D eigenvalue weighted by molar-refractivity contribution is 5.77. The van der Waals surface area contributed by atoms with Gasteiger partial charge in [-0.05, 0) is 19.4 Å². The minimum atomic E-state index is -0.0855. The van der Waals surface area contributed by atoms with E-state index in [1.54, 1.807) is 7.11 Å². The normalized spacial score (nSPS) is 13.8. The van der Waals surface area contributed by atoms with Gasteiger partial charge in [0.1, 0.15) is 5.75 Å². The van der Waals surface area contributed by atoms with E-state index in [4.69, 9.17) is 10.5 Å². The number of hydrogen-bond acceptors (Lipinski definition) is 3. The van der Waals surface area contributed by atoms with Crippen molar-refractivity contribution < 1.29 is 9.53 Å². The fourth-order valence-corrected chi connectivity index (χ4v) is 1.78. The van der Waals surface area contributed by atoms with E-state index >= 15 is 0 Å². The lowest BCUT2D eigenvalue weighted by Gasteiger charge is -2.18. The second kappa shape index (κ2) is 7.01. The van der Waals surface area contributed by atoms with Crippen molar-refractivity contribution in [1.82, 2.24) is 5.32 Å². The molecule has 0 bridgehead atoms. The van der Waals surface area contributed by atoms with Gasteiger partial charge in [0.25, 0.3) is 0 Å². The summed E-state index contributed by atoms with van der Waals surface area (Å²) in [5, 5.41) is 2.94. The van der Waals surface area contributed by atoms with Crippen LogP contribution in [0.2, 0.25) is 0 Å². The van der Waals surface area contributed by atoms with Crippen LogP contribution in [0.3, 0.4) is 0 Å². The zero-order valence-electron chi connectivity index (χ0n) is 11.3. The highest BCUT2D eigenvalue weighted by Crippen LogP contribution is 2.24. The number of amides is 1. The van der Waals surface area contributed by atoms with E-state index < -0.39 is 0 Å². The van der Waals surface area contributed by atoms with Crippen molar-refractivity contribution in [2.75, 3.05) is 7.11 Å². The molecule has 4 heteroatoms. The van der Waals surface area contributed by atoms with Crippen LogP contribution in [0, 0.1) is 0 Å². The molecule has 100 valence electrons. The molecule has 3 N–H and O–H groups in total. The SMILES string of the molecule is CCC(N)CC(=O)NC(C)c1ccccc1OC. The summed E-state index contributed by atoms with van der Waals surface area (Å²) in [6, 6.07) is 7.51. The summed E-state index contributed by atoms with van der Waals surface area (Å²) in [6.07, 6.45) is 1.16. The Morgan fingerprint density at radius 1 is 1.44 bits per heavy atom. The van der Waals surface area contributed by atoms with Crippen molar-refractivity contribution in [3.63, 3.8) is 0 Å². The van der Waals surface area contributed by atoms with Crippen molar-refractivity contribution >= 4 is 5.91 Å². The Bertz CT molecular complexity index is 393. The van der Waals surface area contributed by atoms with Crippen LogP contribution < -0.4 is 15.8 Å². The molecule has 1 aromatic carbocycles. The number of carbonyl (C=O) groups is 1. The molecule has 1 aromatic rings. The summed E-state index contributed by atoms with van der Waals surface area (Å²) in [7, 11) is 1.63. The molecule has 0 aliphatic rings. The van der Waals surface area contributed by atoms with Gasteiger partial charge in [0, 0.05) is 18.0 Å². The Morgan fingerprint density at radius 3 is 2.72 bits per heavy atom. The number of ether oxygens (including phenoxy) is 1. The summed E-state index contributed by atoms with van der Waals surface area (Å²) in [6.45, 7) is 3.91. The van der Waals surface area contributed by atoms with Gasteiger partial charge in [-0.2, -0.15) is 0 Å². The first-order valence-corrected chi connectivity index (χ1v) is 6.26. The summed E-state index contributed by atoms with van der Waals surface area (Å²) in [5.41, 5.74) is 6.73. The predicted octanol–water partition coefficient (Wildman–Crippen LogP) is 2.00. The molecule has 1 rings (SSSR count). The Kier molecular flexibility index (Phi) is 5.65. The number of hydrogen-bond donors (Lipinski definition) is 2. The quantitative estimate of drug-likeness (QED) is 0.811. The molecule has 2 unspecified atom stereocenters. The van der Waals surface area contributed by atoms with E-state index in [9.17, 15) is 4.79 Å². The third-order valence-corrected chi connectivity index (χ3v) is 2.95. The topological polar surface area (TPSA) is 64.4 Å².